The Balaban J connectivity index is 0.000000203. The molecule has 2 aromatic heterocycles. The Labute approximate surface area is 301 Å². The Morgan fingerprint density at radius 3 is 1.56 bits per heavy atom. The number of methoxy groups -OCH3 is 3. The second kappa shape index (κ2) is 17.8. The SMILES string of the molecule is COC(=O)N1CCC(Nc2ncc(C(=O)c3ccccc3OC)c(N)n2)CC1.COc1ccccc1C(=O)c1cnc(NC2CCNCC2)nc1N. The van der Waals surface area contributed by atoms with E-state index in [0.717, 1.165) is 38.8 Å². The normalized spacial score (nSPS) is 14.7. The number of nitrogen functional groups attached to an aromatic ring is 2. The van der Waals surface area contributed by atoms with Gasteiger partial charge in [0.2, 0.25) is 23.5 Å². The van der Waals surface area contributed by atoms with Crippen LogP contribution in [-0.4, -0.2) is 102 Å². The zero-order valence-electron chi connectivity index (χ0n) is 29.4. The molecular formula is C36H44N10O6. The predicted octanol–water partition coefficient (Wildman–Crippen LogP) is 3.40. The molecule has 0 spiro atoms. The molecule has 0 atom stereocenters. The maximum atomic E-state index is 12.8. The van der Waals surface area contributed by atoms with Gasteiger partial charge in [0.25, 0.3) is 0 Å². The number of para-hydroxylation sites is 2. The van der Waals surface area contributed by atoms with E-state index in [4.69, 9.17) is 25.7 Å². The van der Waals surface area contributed by atoms with E-state index in [1.165, 1.54) is 33.7 Å². The first-order valence-electron chi connectivity index (χ1n) is 16.9. The number of aromatic nitrogens is 4. The highest BCUT2D eigenvalue weighted by Crippen LogP contribution is 2.25. The van der Waals surface area contributed by atoms with Crippen molar-refractivity contribution in [2.75, 3.05) is 69.6 Å². The van der Waals surface area contributed by atoms with E-state index < -0.39 is 0 Å². The monoisotopic (exact) mass is 712 g/mol. The van der Waals surface area contributed by atoms with Gasteiger partial charge >= 0.3 is 6.09 Å². The molecule has 4 heterocycles. The van der Waals surface area contributed by atoms with Crippen LogP contribution in [0.4, 0.5) is 28.3 Å². The third-order valence-corrected chi connectivity index (χ3v) is 8.76. The molecule has 2 saturated heterocycles. The number of carbonyl (C=O) groups excluding carboxylic acids is 3. The zero-order chi connectivity index (χ0) is 37.0. The molecule has 4 aromatic rings. The predicted molar refractivity (Wildman–Crippen MR) is 196 cm³/mol. The van der Waals surface area contributed by atoms with Crippen molar-refractivity contribution < 1.29 is 28.6 Å². The number of benzene rings is 2. The van der Waals surface area contributed by atoms with Crippen molar-refractivity contribution in [3.05, 3.63) is 83.2 Å². The fraction of sp³-hybridized carbons (Fsp3) is 0.361. The van der Waals surface area contributed by atoms with Gasteiger partial charge in [0.1, 0.15) is 23.1 Å². The van der Waals surface area contributed by atoms with Crippen LogP contribution in [0.25, 0.3) is 0 Å². The fourth-order valence-corrected chi connectivity index (χ4v) is 5.90. The number of nitrogens with zero attached hydrogens (tertiary/aromatic N) is 5. The number of carbonyl (C=O) groups is 3. The average molecular weight is 713 g/mol. The van der Waals surface area contributed by atoms with E-state index in [0.29, 0.717) is 53.7 Å². The number of hydrogen-bond acceptors (Lipinski definition) is 15. The molecule has 0 saturated carbocycles. The van der Waals surface area contributed by atoms with E-state index in [1.807, 2.05) is 6.07 Å². The molecule has 2 aromatic carbocycles. The molecule has 16 heteroatoms. The minimum Gasteiger partial charge on any atom is -0.496 e. The molecule has 6 rings (SSSR count). The van der Waals surface area contributed by atoms with Crippen LogP contribution in [0.5, 0.6) is 11.5 Å². The van der Waals surface area contributed by atoms with Gasteiger partial charge in [-0.2, -0.15) is 9.97 Å². The van der Waals surface area contributed by atoms with Gasteiger partial charge in [0.05, 0.1) is 43.6 Å². The first-order valence-corrected chi connectivity index (χ1v) is 16.9. The van der Waals surface area contributed by atoms with Gasteiger partial charge in [-0.05, 0) is 63.0 Å². The number of nitrogens with two attached hydrogens (primary N) is 2. The average Bonchev–Trinajstić information content (AvgIpc) is 3.18. The van der Waals surface area contributed by atoms with Gasteiger partial charge in [-0.1, -0.05) is 24.3 Å². The molecule has 274 valence electrons. The second-order valence-corrected chi connectivity index (χ2v) is 12.1. The van der Waals surface area contributed by atoms with Crippen LogP contribution < -0.4 is 36.9 Å². The largest absolute Gasteiger partial charge is 0.496 e. The van der Waals surface area contributed by atoms with Crippen molar-refractivity contribution in [3.63, 3.8) is 0 Å². The van der Waals surface area contributed by atoms with Crippen molar-refractivity contribution in [1.29, 1.82) is 0 Å². The third-order valence-electron chi connectivity index (χ3n) is 8.76. The molecule has 0 aliphatic carbocycles. The number of likely N-dealkylation sites (tertiary alicyclic amines) is 1. The molecule has 16 nitrogen and oxygen atoms in total. The molecule has 0 bridgehead atoms. The van der Waals surface area contributed by atoms with Gasteiger partial charge in [-0.15, -0.1) is 0 Å². The summed E-state index contributed by atoms with van der Waals surface area (Å²) in [6.07, 6.45) is 6.05. The van der Waals surface area contributed by atoms with Gasteiger partial charge in [0, 0.05) is 37.6 Å². The van der Waals surface area contributed by atoms with Crippen molar-refractivity contribution in [1.82, 2.24) is 30.2 Å². The van der Waals surface area contributed by atoms with Crippen molar-refractivity contribution >= 4 is 41.2 Å². The third kappa shape index (κ3) is 9.19. The van der Waals surface area contributed by atoms with E-state index in [1.54, 1.807) is 47.4 Å². The second-order valence-electron chi connectivity index (χ2n) is 12.1. The summed E-state index contributed by atoms with van der Waals surface area (Å²) in [5.74, 6) is 1.48. The lowest BCUT2D eigenvalue weighted by atomic mass is 10.0. The van der Waals surface area contributed by atoms with Gasteiger partial charge in [-0.25, -0.2) is 14.8 Å². The highest BCUT2D eigenvalue weighted by molar-refractivity contribution is 6.13. The van der Waals surface area contributed by atoms with E-state index in [-0.39, 0.29) is 46.5 Å². The summed E-state index contributed by atoms with van der Waals surface area (Å²) in [7, 11) is 4.40. The van der Waals surface area contributed by atoms with Crippen LogP contribution in [0.1, 0.15) is 57.5 Å². The summed E-state index contributed by atoms with van der Waals surface area (Å²) in [6.45, 7) is 3.11. The first kappa shape index (κ1) is 37.2. The summed E-state index contributed by atoms with van der Waals surface area (Å²) in [6, 6.07) is 14.4. The summed E-state index contributed by atoms with van der Waals surface area (Å²) in [5, 5.41) is 9.79. The maximum Gasteiger partial charge on any atom is 0.409 e. The van der Waals surface area contributed by atoms with Crippen molar-refractivity contribution in [2.24, 2.45) is 0 Å². The summed E-state index contributed by atoms with van der Waals surface area (Å²) >= 11 is 0. The molecule has 52 heavy (non-hydrogen) atoms. The smallest absolute Gasteiger partial charge is 0.409 e. The number of piperidine rings is 2. The molecule has 2 fully saturated rings. The van der Waals surface area contributed by atoms with Crippen molar-refractivity contribution in [3.8, 4) is 11.5 Å². The highest BCUT2D eigenvalue weighted by atomic mass is 16.5. The minimum absolute atomic E-state index is 0.0976. The Morgan fingerprint density at radius 2 is 1.13 bits per heavy atom. The quantitative estimate of drug-likeness (QED) is 0.149. The Hall–Kier alpha value is -6.03. The van der Waals surface area contributed by atoms with Crippen LogP contribution in [0.15, 0.2) is 60.9 Å². The molecule has 0 unspecified atom stereocenters. The first-order chi connectivity index (χ1) is 25.2. The fourth-order valence-electron chi connectivity index (χ4n) is 5.90. The summed E-state index contributed by atoms with van der Waals surface area (Å²) in [4.78, 5) is 55.6. The lowest BCUT2D eigenvalue weighted by Gasteiger charge is -2.31. The van der Waals surface area contributed by atoms with E-state index >= 15 is 0 Å². The maximum absolute atomic E-state index is 12.8. The van der Waals surface area contributed by atoms with E-state index in [9.17, 15) is 14.4 Å². The molecule has 7 N–H and O–H groups in total. The van der Waals surface area contributed by atoms with Gasteiger partial charge < -0.3 is 46.5 Å². The summed E-state index contributed by atoms with van der Waals surface area (Å²) < 4.78 is 15.2. The number of nitrogens with one attached hydrogen (secondary N) is 3. The molecule has 2 aliphatic rings. The van der Waals surface area contributed by atoms with Gasteiger partial charge in [-0.3, -0.25) is 9.59 Å². The van der Waals surface area contributed by atoms with Crippen molar-refractivity contribution in [2.45, 2.75) is 37.8 Å². The Kier molecular flexibility index (Phi) is 12.7. The molecule has 1 amide bonds. The number of rotatable bonds is 10. The number of anilines is 4. The van der Waals surface area contributed by atoms with Crippen LogP contribution in [0.3, 0.4) is 0 Å². The van der Waals surface area contributed by atoms with Gasteiger partial charge in [0.15, 0.2) is 0 Å². The van der Waals surface area contributed by atoms with E-state index in [2.05, 4.69) is 35.9 Å². The number of ketones is 2. The topological polar surface area (TPSA) is 222 Å². The van der Waals surface area contributed by atoms with Crippen LogP contribution in [0.2, 0.25) is 0 Å². The van der Waals surface area contributed by atoms with Crippen LogP contribution in [0, 0.1) is 0 Å². The summed E-state index contributed by atoms with van der Waals surface area (Å²) in [5.41, 5.74) is 13.3. The molecular weight excluding hydrogens is 668 g/mol. The van der Waals surface area contributed by atoms with Crippen LogP contribution in [-0.2, 0) is 4.74 Å². The Morgan fingerprint density at radius 1 is 0.692 bits per heavy atom. The number of hydrogen-bond donors (Lipinski definition) is 5. The lowest BCUT2D eigenvalue weighted by molar-refractivity contribution is 0.102. The molecule has 0 radical (unpaired) electrons. The molecule has 2 aliphatic heterocycles. The Bertz CT molecular complexity index is 1860. The number of amides is 1. The lowest BCUT2D eigenvalue weighted by Crippen LogP contribution is -2.42. The highest BCUT2D eigenvalue weighted by Gasteiger charge is 2.25. The number of ether oxygens (including phenoxy) is 3. The standard InChI is InChI=1S/C19H23N5O4.C17H21N5O2/c1-27-15-6-4-3-5-13(15)16(25)14-11-21-18(23-17(14)20)22-12-7-9-24(10-8-12)19(26)28-2;1-24-14-5-3-2-4-12(14)15(23)13-10-20-17(22-16(13)18)21-11-6-8-19-9-7-11/h3-6,11-12H,7-10H2,1-2H3,(H3,20,21,22,23);2-5,10-11,19H,6-9H2,1H3,(H3,18,20,21,22). The van der Waals surface area contributed by atoms with Crippen LogP contribution >= 0.6 is 0 Å². The minimum atomic E-state index is -0.321. The zero-order valence-corrected chi connectivity index (χ0v) is 29.4.